The molecule has 0 spiro atoms. The second-order valence-electron chi connectivity index (χ2n) is 3.86. The Hall–Kier alpha value is -0.900. The molecule has 4 nitrogen and oxygen atoms in total. The van der Waals surface area contributed by atoms with Crippen molar-refractivity contribution in [3.8, 4) is 0 Å². The summed E-state index contributed by atoms with van der Waals surface area (Å²) < 4.78 is 5.03. The number of aryl methyl sites for hydroxylation is 2. The topological polar surface area (TPSA) is 59.2 Å². The Bertz CT molecular complexity index is 258. The van der Waals surface area contributed by atoms with Crippen molar-refractivity contribution in [2.75, 3.05) is 6.61 Å². The van der Waals surface area contributed by atoms with E-state index in [1.165, 1.54) is 0 Å². The lowest BCUT2D eigenvalue weighted by Gasteiger charge is -1.98. The Labute approximate surface area is 84.3 Å². The van der Waals surface area contributed by atoms with Crippen LogP contribution in [0.3, 0.4) is 0 Å². The molecule has 0 aliphatic rings. The fourth-order valence-electron chi connectivity index (χ4n) is 1.14. The largest absolute Gasteiger partial charge is 0.396 e. The van der Waals surface area contributed by atoms with Crippen LogP contribution in [0.2, 0.25) is 0 Å². The van der Waals surface area contributed by atoms with Crippen molar-refractivity contribution in [1.82, 2.24) is 10.1 Å². The van der Waals surface area contributed by atoms with E-state index < -0.39 is 0 Å². The van der Waals surface area contributed by atoms with Crippen LogP contribution in [0.5, 0.6) is 0 Å². The Kier molecular flexibility index (Phi) is 4.59. The first kappa shape index (κ1) is 11.2. The van der Waals surface area contributed by atoms with Gasteiger partial charge in [-0.25, -0.2) is 0 Å². The lowest BCUT2D eigenvalue weighted by molar-refractivity contribution is 0.278. The minimum Gasteiger partial charge on any atom is -0.396 e. The fraction of sp³-hybridized carbons (Fsp3) is 0.800. The molecule has 1 heterocycles. The van der Waals surface area contributed by atoms with Gasteiger partial charge in [0.1, 0.15) is 0 Å². The molecule has 0 fully saturated rings. The van der Waals surface area contributed by atoms with Crippen LogP contribution in [0.15, 0.2) is 4.52 Å². The molecule has 0 radical (unpaired) electrons. The third kappa shape index (κ3) is 3.87. The number of nitrogens with zero attached hydrogens (tertiary/aromatic N) is 2. The second kappa shape index (κ2) is 5.75. The van der Waals surface area contributed by atoms with Gasteiger partial charge in [0.2, 0.25) is 5.89 Å². The molecule has 1 aromatic rings. The normalized spacial score (nSPS) is 11.1. The van der Waals surface area contributed by atoms with Crippen molar-refractivity contribution in [2.45, 2.75) is 39.5 Å². The molecule has 0 saturated heterocycles. The SMILES string of the molecule is CC(C)CCc1noc(CCCO)n1. The summed E-state index contributed by atoms with van der Waals surface area (Å²) in [6, 6.07) is 0. The molecule has 14 heavy (non-hydrogen) atoms. The van der Waals surface area contributed by atoms with Gasteiger partial charge in [-0.05, 0) is 18.8 Å². The zero-order chi connectivity index (χ0) is 10.4. The van der Waals surface area contributed by atoms with Gasteiger partial charge < -0.3 is 9.63 Å². The van der Waals surface area contributed by atoms with E-state index >= 15 is 0 Å². The maximum absolute atomic E-state index is 8.62. The first-order chi connectivity index (χ1) is 6.72. The summed E-state index contributed by atoms with van der Waals surface area (Å²) in [5, 5.41) is 12.5. The van der Waals surface area contributed by atoms with Gasteiger partial charge >= 0.3 is 0 Å². The molecule has 1 N–H and O–H groups in total. The standard InChI is InChI=1S/C10H18N2O2/c1-8(2)5-6-9-11-10(14-12-9)4-3-7-13/h8,13H,3-7H2,1-2H3. The van der Waals surface area contributed by atoms with E-state index in [2.05, 4.69) is 24.0 Å². The number of aliphatic hydroxyl groups excluding tert-OH is 1. The van der Waals surface area contributed by atoms with E-state index in [4.69, 9.17) is 9.63 Å². The van der Waals surface area contributed by atoms with Gasteiger partial charge in [-0.3, -0.25) is 0 Å². The Balaban J connectivity index is 2.35. The zero-order valence-corrected chi connectivity index (χ0v) is 8.86. The highest BCUT2D eigenvalue weighted by Gasteiger charge is 2.06. The highest BCUT2D eigenvalue weighted by molar-refractivity contribution is 4.86. The Morgan fingerprint density at radius 1 is 1.36 bits per heavy atom. The third-order valence-corrected chi connectivity index (χ3v) is 2.00. The van der Waals surface area contributed by atoms with Crippen LogP contribution in [0.1, 0.15) is 38.4 Å². The minimum absolute atomic E-state index is 0.170. The van der Waals surface area contributed by atoms with Crippen LogP contribution < -0.4 is 0 Å². The molecule has 0 bridgehead atoms. The van der Waals surface area contributed by atoms with Gasteiger partial charge in [0.25, 0.3) is 0 Å². The van der Waals surface area contributed by atoms with E-state index in [0.717, 1.165) is 18.7 Å². The fourth-order valence-corrected chi connectivity index (χ4v) is 1.14. The van der Waals surface area contributed by atoms with E-state index in [1.807, 2.05) is 0 Å². The predicted octanol–water partition coefficient (Wildman–Crippen LogP) is 1.58. The average molecular weight is 198 g/mol. The molecule has 1 aromatic heterocycles. The molecule has 4 heteroatoms. The molecule has 0 aliphatic carbocycles. The molecule has 0 unspecified atom stereocenters. The average Bonchev–Trinajstić information content (AvgIpc) is 2.59. The predicted molar refractivity (Wildman–Crippen MR) is 52.9 cm³/mol. The van der Waals surface area contributed by atoms with Crippen LogP contribution in [0.25, 0.3) is 0 Å². The molecule has 0 aromatic carbocycles. The molecule has 0 aliphatic heterocycles. The van der Waals surface area contributed by atoms with Crippen molar-refractivity contribution >= 4 is 0 Å². The summed E-state index contributed by atoms with van der Waals surface area (Å²) >= 11 is 0. The smallest absolute Gasteiger partial charge is 0.226 e. The van der Waals surface area contributed by atoms with Gasteiger partial charge in [-0.1, -0.05) is 19.0 Å². The van der Waals surface area contributed by atoms with Crippen LogP contribution in [0.4, 0.5) is 0 Å². The van der Waals surface area contributed by atoms with Gasteiger partial charge in [-0.15, -0.1) is 0 Å². The summed E-state index contributed by atoms with van der Waals surface area (Å²) in [6.45, 7) is 4.52. The highest BCUT2D eigenvalue weighted by atomic mass is 16.5. The van der Waals surface area contributed by atoms with Crippen molar-refractivity contribution in [1.29, 1.82) is 0 Å². The molecule has 80 valence electrons. The summed E-state index contributed by atoms with van der Waals surface area (Å²) in [5.41, 5.74) is 0. The summed E-state index contributed by atoms with van der Waals surface area (Å²) in [6.07, 6.45) is 3.32. The molecule has 0 amide bonds. The van der Waals surface area contributed by atoms with Crippen molar-refractivity contribution in [2.24, 2.45) is 5.92 Å². The number of aliphatic hydroxyl groups is 1. The monoisotopic (exact) mass is 198 g/mol. The van der Waals surface area contributed by atoms with Crippen molar-refractivity contribution in [3.63, 3.8) is 0 Å². The van der Waals surface area contributed by atoms with Gasteiger partial charge in [0, 0.05) is 19.4 Å². The van der Waals surface area contributed by atoms with E-state index in [9.17, 15) is 0 Å². The summed E-state index contributed by atoms with van der Waals surface area (Å²) in [7, 11) is 0. The number of aromatic nitrogens is 2. The highest BCUT2D eigenvalue weighted by Crippen LogP contribution is 2.07. The maximum atomic E-state index is 8.62. The van der Waals surface area contributed by atoms with Crippen LogP contribution in [-0.4, -0.2) is 21.9 Å². The number of rotatable bonds is 6. The molecular formula is C10H18N2O2. The molecule has 0 saturated carbocycles. The Morgan fingerprint density at radius 3 is 2.79 bits per heavy atom. The first-order valence-corrected chi connectivity index (χ1v) is 5.14. The quantitative estimate of drug-likeness (QED) is 0.754. The van der Waals surface area contributed by atoms with E-state index in [0.29, 0.717) is 24.7 Å². The summed E-state index contributed by atoms with van der Waals surface area (Å²) in [4.78, 5) is 4.23. The second-order valence-corrected chi connectivity index (χ2v) is 3.86. The molecule has 1 rings (SSSR count). The van der Waals surface area contributed by atoms with E-state index in [1.54, 1.807) is 0 Å². The number of hydrogen-bond donors (Lipinski definition) is 1. The lowest BCUT2D eigenvalue weighted by atomic mass is 10.1. The van der Waals surface area contributed by atoms with E-state index in [-0.39, 0.29) is 6.61 Å². The molecular weight excluding hydrogens is 180 g/mol. The van der Waals surface area contributed by atoms with Crippen molar-refractivity contribution < 1.29 is 9.63 Å². The third-order valence-electron chi connectivity index (χ3n) is 2.00. The maximum Gasteiger partial charge on any atom is 0.226 e. The first-order valence-electron chi connectivity index (χ1n) is 5.14. The minimum atomic E-state index is 0.170. The summed E-state index contributed by atoms with van der Waals surface area (Å²) in [5.74, 6) is 2.08. The zero-order valence-electron chi connectivity index (χ0n) is 8.86. The molecule has 0 atom stereocenters. The lowest BCUT2D eigenvalue weighted by Crippen LogP contribution is -1.95. The van der Waals surface area contributed by atoms with Crippen molar-refractivity contribution in [3.05, 3.63) is 11.7 Å². The van der Waals surface area contributed by atoms with Gasteiger partial charge in [0.05, 0.1) is 0 Å². The number of hydrogen-bond acceptors (Lipinski definition) is 4. The van der Waals surface area contributed by atoms with Crippen LogP contribution in [0, 0.1) is 5.92 Å². The van der Waals surface area contributed by atoms with Crippen LogP contribution in [-0.2, 0) is 12.8 Å². The van der Waals surface area contributed by atoms with Gasteiger partial charge in [-0.2, -0.15) is 4.98 Å². The Morgan fingerprint density at radius 2 is 2.14 bits per heavy atom. The van der Waals surface area contributed by atoms with Crippen LogP contribution >= 0.6 is 0 Å². The van der Waals surface area contributed by atoms with Gasteiger partial charge in [0.15, 0.2) is 5.82 Å².